The first kappa shape index (κ1) is 44.7. The van der Waals surface area contributed by atoms with Gasteiger partial charge in [-0.2, -0.15) is 0 Å². The maximum Gasteiger partial charge on any atom is 0.215 e. The lowest BCUT2D eigenvalue weighted by atomic mass is 9.96. The monoisotopic (exact) mass is 811 g/mol. The second-order valence-corrected chi connectivity index (χ2v) is 17.1. The smallest absolute Gasteiger partial charge is 0.215 e. The van der Waals surface area contributed by atoms with Crippen LogP contribution < -0.4 is 9.47 Å². The van der Waals surface area contributed by atoms with Gasteiger partial charge in [0.2, 0.25) is 5.78 Å². The molecule has 1 aliphatic rings. The Hall–Kier alpha value is -4.84. The first-order chi connectivity index (χ1) is 29.4. The van der Waals surface area contributed by atoms with Crippen molar-refractivity contribution in [2.24, 2.45) is 4.99 Å². The fourth-order valence-electron chi connectivity index (χ4n) is 8.63. The third-order valence-corrected chi connectivity index (χ3v) is 12.2. The van der Waals surface area contributed by atoms with Crippen molar-refractivity contribution < 1.29 is 19.4 Å². The molecule has 5 aromatic rings. The molecule has 0 fully saturated rings. The van der Waals surface area contributed by atoms with Crippen molar-refractivity contribution in [2.75, 3.05) is 13.2 Å². The quantitative estimate of drug-likeness (QED) is 0.0517. The van der Waals surface area contributed by atoms with Crippen LogP contribution in [0.5, 0.6) is 17.2 Å². The number of unbranched alkanes of at least 4 members (excludes halogenated alkanes) is 18. The summed E-state index contributed by atoms with van der Waals surface area (Å²) in [7, 11) is 0. The van der Waals surface area contributed by atoms with Crippen LogP contribution in [0.25, 0.3) is 33.2 Å². The van der Waals surface area contributed by atoms with Crippen LogP contribution in [0.1, 0.15) is 169 Å². The molecular weight excluding hydrogens is 741 g/mol. The Bertz CT molecular complexity index is 2180. The van der Waals surface area contributed by atoms with Gasteiger partial charge in [-0.1, -0.05) is 154 Å². The zero-order valence-electron chi connectivity index (χ0n) is 37.1. The first-order valence-electron chi connectivity index (χ1n) is 23.5. The molecule has 320 valence electrons. The highest BCUT2D eigenvalue weighted by Gasteiger charge is 2.30. The summed E-state index contributed by atoms with van der Waals surface area (Å²) < 4.78 is 12.2. The molecule has 4 aromatic carbocycles. The van der Waals surface area contributed by atoms with Gasteiger partial charge in [0.05, 0.1) is 24.5 Å². The number of H-pyrrole nitrogens is 1. The van der Waals surface area contributed by atoms with Crippen LogP contribution in [0.2, 0.25) is 0 Å². The van der Waals surface area contributed by atoms with Crippen molar-refractivity contribution in [2.45, 2.75) is 156 Å². The molecule has 6 nitrogen and oxygen atoms in total. The van der Waals surface area contributed by atoms with Gasteiger partial charge >= 0.3 is 0 Å². The molecule has 6 rings (SSSR count). The highest BCUT2D eigenvalue weighted by Crippen LogP contribution is 2.39. The van der Waals surface area contributed by atoms with Gasteiger partial charge in [0, 0.05) is 10.9 Å². The van der Waals surface area contributed by atoms with E-state index in [1.54, 1.807) is 0 Å². The number of rotatable bonds is 27. The average Bonchev–Trinajstić information content (AvgIpc) is 3.76. The van der Waals surface area contributed by atoms with Gasteiger partial charge in [-0.25, -0.2) is 4.99 Å². The predicted molar refractivity (Wildman–Crippen MR) is 252 cm³/mol. The van der Waals surface area contributed by atoms with Crippen LogP contribution >= 0.6 is 0 Å². The summed E-state index contributed by atoms with van der Waals surface area (Å²) in [5, 5.41) is 12.2. The summed E-state index contributed by atoms with van der Waals surface area (Å²) in [6.07, 6.45) is 26.1. The summed E-state index contributed by atoms with van der Waals surface area (Å²) in [6.45, 7) is 10.2. The summed E-state index contributed by atoms with van der Waals surface area (Å²) in [5.41, 5.74) is 8.72. The normalized spacial score (nSPS) is 12.3. The van der Waals surface area contributed by atoms with Crippen LogP contribution in [-0.4, -0.2) is 34.8 Å². The van der Waals surface area contributed by atoms with Crippen molar-refractivity contribution in [3.63, 3.8) is 0 Å². The number of carbonyl (C=O) groups is 1. The largest absolute Gasteiger partial charge is 0.505 e. The van der Waals surface area contributed by atoms with Gasteiger partial charge in [-0.3, -0.25) is 4.79 Å². The Balaban J connectivity index is 1.00. The Morgan fingerprint density at radius 3 is 1.50 bits per heavy atom. The molecule has 0 spiro atoms. The number of hydrogen-bond acceptors (Lipinski definition) is 5. The summed E-state index contributed by atoms with van der Waals surface area (Å²) >= 11 is 0. The molecular formula is C54H70N2O4. The number of aromatic amines is 1. The molecule has 0 bridgehead atoms. The average molecular weight is 811 g/mol. The second kappa shape index (κ2) is 23.2. The van der Waals surface area contributed by atoms with Crippen LogP contribution in [0.4, 0.5) is 5.69 Å². The first-order valence-corrected chi connectivity index (χ1v) is 23.5. The van der Waals surface area contributed by atoms with E-state index in [0.29, 0.717) is 22.3 Å². The Kier molecular flexibility index (Phi) is 17.3. The van der Waals surface area contributed by atoms with Crippen LogP contribution in [0, 0.1) is 13.8 Å². The lowest BCUT2D eigenvalue weighted by Crippen LogP contribution is -2.11. The maximum atomic E-state index is 13.9. The van der Waals surface area contributed by atoms with Gasteiger partial charge < -0.3 is 19.6 Å². The van der Waals surface area contributed by atoms with Crippen LogP contribution in [0.3, 0.4) is 0 Å². The maximum absolute atomic E-state index is 13.9. The molecule has 2 heterocycles. The van der Waals surface area contributed by atoms with E-state index >= 15 is 0 Å². The molecule has 60 heavy (non-hydrogen) atoms. The van der Waals surface area contributed by atoms with Crippen molar-refractivity contribution >= 4 is 28.1 Å². The molecule has 0 unspecified atom stereocenters. The van der Waals surface area contributed by atoms with Gasteiger partial charge in [-0.15, -0.1) is 0 Å². The van der Waals surface area contributed by atoms with E-state index in [2.05, 4.69) is 56.9 Å². The fourth-order valence-corrected chi connectivity index (χ4v) is 8.63. The zero-order chi connectivity index (χ0) is 42.1. The summed E-state index contributed by atoms with van der Waals surface area (Å²) in [5.74, 6) is 1.59. The number of ether oxygens (including phenoxy) is 2. The SMILES string of the molecule is CCCCCCCCCCCCOc1ccc(-c2ccc3c(c2)C(=O)C(c2[nH]c4ccc(-c5ccc(OCCCCCCCCCCCC)cc5C)cc4c2O)=N3)c(C)c1. The molecule has 2 N–H and O–H groups in total. The van der Waals surface area contributed by atoms with Gasteiger partial charge in [-0.05, 0) is 109 Å². The Morgan fingerprint density at radius 1 is 0.533 bits per heavy atom. The number of fused-ring (bicyclic) bond motifs is 2. The number of aliphatic imine (C=N–C) groups is 1. The predicted octanol–water partition coefficient (Wildman–Crippen LogP) is 15.7. The second-order valence-electron chi connectivity index (χ2n) is 17.1. The van der Waals surface area contributed by atoms with E-state index < -0.39 is 0 Å². The van der Waals surface area contributed by atoms with Crippen molar-refractivity contribution in [1.29, 1.82) is 0 Å². The van der Waals surface area contributed by atoms with Crippen molar-refractivity contribution in [1.82, 2.24) is 4.98 Å². The molecule has 1 aromatic heterocycles. The number of aromatic nitrogens is 1. The molecule has 0 amide bonds. The standard InChI is InChI=1S/C54H70N2O4/c1-5-7-9-11-13-15-17-19-21-23-33-59-43-27-29-45(39(3)35-43)41-25-31-49-47(37-41)53(57)51(55-49)52-54(58)48-38-42(26-32-50(48)56-52)46-30-28-44(36-40(46)4)60-34-24-22-20-18-16-14-12-10-8-6-2/h25-32,35-38,55,57H,5-24,33-34H2,1-4H3. The van der Waals surface area contributed by atoms with E-state index in [4.69, 9.17) is 14.5 Å². The number of carbonyl (C=O) groups excluding carboxylic acids is 1. The number of aryl methyl sites for hydroxylation is 2. The van der Waals surface area contributed by atoms with E-state index in [9.17, 15) is 9.90 Å². The molecule has 1 aliphatic heterocycles. The van der Waals surface area contributed by atoms with E-state index in [0.717, 1.165) is 76.5 Å². The number of benzene rings is 4. The van der Waals surface area contributed by atoms with Gasteiger partial charge in [0.25, 0.3) is 0 Å². The molecule has 0 atom stereocenters. The number of ketones is 1. The topological polar surface area (TPSA) is 83.9 Å². The number of Topliss-reactive ketones (excluding diaryl/α,β-unsaturated/α-hetero) is 1. The van der Waals surface area contributed by atoms with E-state index in [1.807, 2.05) is 48.5 Å². The lowest BCUT2D eigenvalue weighted by Gasteiger charge is -2.11. The van der Waals surface area contributed by atoms with Crippen LogP contribution in [0.15, 0.2) is 77.8 Å². The van der Waals surface area contributed by atoms with E-state index in [1.165, 1.54) is 116 Å². The van der Waals surface area contributed by atoms with Crippen LogP contribution in [-0.2, 0) is 0 Å². The minimum Gasteiger partial charge on any atom is -0.505 e. The highest BCUT2D eigenvalue weighted by atomic mass is 16.5. The lowest BCUT2D eigenvalue weighted by molar-refractivity contribution is 0.106. The Morgan fingerprint density at radius 2 is 1.00 bits per heavy atom. The molecule has 6 heteroatoms. The number of aromatic hydroxyl groups is 1. The van der Waals surface area contributed by atoms with Crippen molar-refractivity contribution in [3.8, 4) is 39.5 Å². The number of hydrogen-bond donors (Lipinski definition) is 2. The molecule has 0 aliphatic carbocycles. The molecule has 0 radical (unpaired) electrons. The van der Waals surface area contributed by atoms with E-state index in [-0.39, 0.29) is 17.2 Å². The number of nitrogens with zero attached hydrogens (tertiary/aromatic N) is 1. The van der Waals surface area contributed by atoms with Gasteiger partial charge in [0.1, 0.15) is 22.9 Å². The highest BCUT2D eigenvalue weighted by molar-refractivity contribution is 6.55. The number of nitrogens with one attached hydrogen (secondary N) is 1. The third kappa shape index (κ3) is 12.1. The third-order valence-electron chi connectivity index (χ3n) is 12.2. The molecule has 0 saturated carbocycles. The minimum atomic E-state index is -0.202. The summed E-state index contributed by atoms with van der Waals surface area (Å²) in [4.78, 5) is 21.9. The molecule has 0 saturated heterocycles. The fraction of sp³-hybridized carbons (Fsp3) is 0.481. The Labute approximate surface area is 360 Å². The van der Waals surface area contributed by atoms with Gasteiger partial charge in [0.15, 0.2) is 5.75 Å². The summed E-state index contributed by atoms with van der Waals surface area (Å²) in [6, 6.07) is 24.2. The zero-order valence-corrected chi connectivity index (χ0v) is 37.1. The minimum absolute atomic E-state index is 0.0327. The van der Waals surface area contributed by atoms with Crippen molar-refractivity contribution in [3.05, 3.63) is 95.2 Å².